The van der Waals surface area contributed by atoms with Crippen molar-refractivity contribution in [2.75, 3.05) is 12.4 Å². The van der Waals surface area contributed by atoms with Crippen LogP contribution in [0.5, 0.6) is 5.75 Å². The zero-order valence-electron chi connectivity index (χ0n) is 16.2. The van der Waals surface area contributed by atoms with Crippen LogP contribution in [0.15, 0.2) is 36.5 Å². The van der Waals surface area contributed by atoms with Crippen LogP contribution in [0.3, 0.4) is 0 Å². The van der Waals surface area contributed by atoms with Gasteiger partial charge in [-0.1, -0.05) is 12.1 Å². The quantitative estimate of drug-likeness (QED) is 0.362. The Labute approximate surface area is 173 Å². The minimum atomic E-state index is -1.65. The Bertz CT molecular complexity index is 1120. The Hall–Kier alpha value is -3.89. The summed E-state index contributed by atoms with van der Waals surface area (Å²) < 4.78 is 64.5. The van der Waals surface area contributed by atoms with Gasteiger partial charge in [-0.3, -0.25) is 9.48 Å². The summed E-state index contributed by atoms with van der Waals surface area (Å²) in [4.78, 5) is 24.2. The monoisotopic (exact) mass is 437 g/mol. The number of carbonyl (C=O) groups is 2. The summed E-state index contributed by atoms with van der Waals surface area (Å²) >= 11 is 0. The molecule has 0 spiro atoms. The number of ether oxygens (including phenoxy) is 2. The van der Waals surface area contributed by atoms with E-state index in [1.165, 1.54) is 42.3 Å². The first kappa shape index (κ1) is 21.8. The summed E-state index contributed by atoms with van der Waals surface area (Å²) in [6.07, 6.45) is 1.42. The molecule has 1 heterocycles. The first-order valence-electron chi connectivity index (χ1n) is 8.69. The third-order valence-electron chi connectivity index (χ3n) is 4.13. The van der Waals surface area contributed by atoms with Gasteiger partial charge in [0.15, 0.2) is 23.1 Å². The highest BCUT2D eigenvalue weighted by atomic mass is 19.2. The molecule has 0 unspecified atom stereocenters. The molecule has 0 bridgehead atoms. The molecule has 3 aromatic rings. The van der Waals surface area contributed by atoms with E-state index in [1.54, 1.807) is 7.05 Å². The van der Waals surface area contributed by atoms with Crippen LogP contribution < -0.4 is 10.1 Å². The number of esters is 1. The number of aromatic nitrogens is 2. The zero-order chi connectivity index (χ0) is 22.7. The maximum Gasteiger partial charge on any atom is 0.360 e. The van der Waals surface area contributed by atoms with Gasteiger partial charge in [-0.2, -0.15) is 13.9 Å². The SMILES string of the molecule is COC(=O)c1nn(C)cc1NC(=O)c1ccc(COc2c(F)c(F)cc(F)c2F)cc1. The summed E-state index contributed by atoms with van der Waals surface area (Å²) in [5.41, 5.74) is 0.634. The lowest BCUT2D eigenvalue weighted by Crippen LogP contribution is -2.14. The Balaban J connectivity index is 1.70. The minimum absolute atomic E-state index is 0.0743. The fourth-order valence-corrected chi connectivity index (χ4v) is 2.61. The standard InChI is InChI=1S/C20H15F4N3O4/c1-27-8-14(17(26-27)20(29)30-2)25-19(28)11-5-3-10(4-6-11)9-31-18-15(23)12(21)7-13(22)16(18)24/h3-8H,9H2,1-2H3,(H,25,28). The number of nitrogens with zero attached hydrogens (tertiary/aromatic N) is 2. The molecule has 0 radical (unpaired) electrons. The second-order valence-electron chi connectivity index (χ2n) is 6.29. The molecule has 0 saturated heterocycles. The van der Waals surface area contributed by atoms with E-state index >= 15 is 0 Å². The first-order chi connectivity index (χ1) is 14.7. The van der Waals surface area contributed by atoms with Gasteiger partial charge >= 0.3 is 5.97 Å². The van der Waals surface area contributed by atoms with Crippen molar-refractivity contribution in [3.05, 3.63) is 76.6 Å². The average molecular weight is 437 g/mol. The van der Waals surface area contributed by atoms with E-state index < -0.39 is 47.5 Å². The highest BCUT2D eigenvalue weighted by Crippen LogP contribution is 2.27. The van der Waals surface area contributed by atoms with Crippen molar-refractivity contribution in [2.45, 2.75) is 6.61 Å². The number of hydrogen-bond acceptors (Lipinski definition) is 5. The van der Waals surface area contributed by atoms with Crippen LogP contribution >= 0.6 is 0 Å². The summed E-state index contributed by atoms with van der Waals surface area (Å²) in [6.45, 7) is -0.409. The molecule has 31 heavy (non-hydrogen) atoms. The number of benzene rings is 2. The van der Waals surface area contributed by atoms with Crippen molar-refractivity contribution < 1.29 is 36.6 Å². The molecule has 0 saturated carbocycles. The third kappa shape index (κ3) is 4.65. The first-order valence-corrected chi connectivity index (χ1v) is 8.69. The number of anilines is 1. The third-order valence-corrected chi connectivity index (χ3v) is 4.13. The number of halogens is 4. The number of nitrogens with one attached hydrogen (secondary N) is 1. The Morgan fingerprint density at radius 2 is 1.68 bits per heavy atom. The van der Waals surface area contributed by atoms with Crippen LogP contribution in [0.4, 0.5) is 23.2 Å². The number of carbonyl (C=O) groups excluding carboxylic acids is 2. The van der Waals surface area contributed by atoms with Gasteiger partial charge in [-0.25, -0.2) is 13.6 Å². The topological polar surface area (TPSA) is 82.5 Å². The number of amides is 1. The van der Waals surface area contributed by atoms with Gasteiger partial charge in [0.2, 0.25) is 11.6 Å². The van der Waals surface area contributed by atoms with E-state index in [0.29, 0.717) is 5.56 Å². The highest BCUT2D eigenvalue weighted by molar-refractivity contribution is 6.07. The predicted molar refractivity (Wildman–Crippen MR) is 99.5 cm³/mol. The van der Waals surface area contributed by atoms with Crippen molar-refractivity contribution in [2.24, 2.45) is 7.05 Å². The van der Waals surface area contributed by atoms with Crippen molar-refractivity contribution >= 4 is 17.6 Å². The van der Waals surface area contributed by atoms with Crippen molar-refractivity contribution in [3.63, 3.8) is 0 Å². The highest BCUT2D eigenvalue weighted by Gasteiger charge is 2.21. The molecular weight excluding hydrogens is 422 g/mol. The Morgan fingerprint density at radius 1 is 1.06 bits per heavy atom. The van der Waals surface area contributed by atoms with Crippen LogP contribution in [-0.2, 0) is 18.4 Å². The van der Waals surface area contributed by atoms with E-state index in [4.69, 9.17) is 4.74 Å². The predicted octanol–water partition coefficient (Wildman–Crippen LogP) is 3.59. The second kappa shape index (κ2) is 8.86. The number of aryl methyl sites for hydroxylation is 1. The van der Waals surface area contributed by atoms with Gasteiger partial charge in [0.05, 0.1) is 12.8 Å². The molecular formula is C20H15F4N3O4. The largest absolute Gasteiger partial charge is 0.483 e. The molecule has 1 aromatic heterocycles. The molecule has 11 heteroatoms. The molecule has 3 rings (SSSR count). The molecule has 7 nitrogen and oxygen atoms in total. The molecule has 0 aliphatic carbocycles. The minimum Gasteiger partial charge on any atom is -0.483 e. The van der Waals surface area contributed by atoms with Gasteiger partial charge in [0.25, 0.3) is 5.91 Å². The Morgan fingerprint density at radius 3 is 2.26 bits per heavy atom. The van der Waals surface area contributed by atoms with Crippen LogP contribution in [-0.4, -0.2) is 28.8 Å². The summed E-state index contributed by atoms with van der Waals surface area (Å²) in [5.74, 6) is -8.91. The molecule has 162 valence electrons. The van der Waals surface area contributed by atoms with Crippen LogP contribution in [0.1, 0.15) is 26.4 Å². The van der Waals surface area contributed by atoms with E-state index in [2.05, 4.69) is 15.2 Å². The number of methoxy groups -OCH3 is 1. The summed E-state index contributed by atoms with van der Waals surface area (Å²) in [7, 11) is 2.74. The maximum absolute atomic E-state index is 13.6. The molecule has 2 aromatic carbocycles. The van der Waals surface area contributed by atoms with Crippen molar-refractivity contribution in [1.82, 2.24) is 9.78 Å². The molecule has 0 aliphatic heterocycles. The van der Waals surface area contributed by atoms with E-state index in [1.807, 2.05) is 0 Å². The maximum atomic E-state index is 13.6. The van der Waals surface area contributed by atoms with Crippen LogP contribution in [0.25, 0.3) is 0 Å². The van der Waals surface area contributed by atoms with Crippen LogP contribution in [0.2, 0.25) is 0 Å². The second-order valence-corrected chi connectivity index (χ2v) is 6.29. The molecule has 1 amide bonds. The van der Waals surface area contributed by atoms with Crippen molar-refractivity contribution in [3.8, 4) is 5.75 Å². The zero-order valence-corrected chi connectivity index (χ0v) is 16.2. The van der Waals surface area contributed by atoms with Gasteiger partial charge < -0.3 is 14.8 Å². The number of rotatable bonds is 6. The van der Waals surface area contributed by atoms with Crippen LogP contribution in [0, 0.1) is 23.3 Å². The fraction of sp³-hybridized carbons (Fsp3) is 0.150. The van der Waals surface area contributed by atoms with E-state index in [0.717, 1.165) is 0 Å². The lowest BCUT2D eigenvalue weighted by Gasteiger charge is -2.10. The molecule has 0 atom stereocenters. The van der Waals surface area contributed by atoms with Gasteiger partial charge in [0.1, 0.15) is 6.61 Å². The fourth-order valence-electron chi connectivity index (χ4n) is 2.61. The van der Waals surface area contributed by atoms with E-state index in [-0.39, 0.29) is 23.0 Å². The molecule has 0 fully saturated rings. The van der Waals surface area contributed by atoms with Gasteiger partial charge in [-0.05, 0) is 17.7 Å². The normalized spacial score (nSPS) is 10.6. The van der Waals surface area contributed by atoms with Crippen molar-refractivity contribution in [1.29, 1.82) is 0 Å². The molecule has 1 N–H and O–H groups in total. The Kier molecular flexibility index (Phi) is 6.23. The number of hydrogen-bond donors (Lipinski definition) is 1. The summed E-state index contributed by atoms with van der Waals surface area (Å²) in [5, 5.41) is 6.45. The smallest absolute Gasteiger partial charge is 0.360 e. The van der Waals surface area contributed by atoms with Gasteiger partial charge in [-0.15, -0.1) is 0 Å². The lowest BCUT2D eigenvalue weighted by atomic mass is 10.1. The molecule has 0 aliphatic rings. The average Bonchev–Trinajstić information content (AvgIpc) is 3.12. The van der Waals surface area contributed by atoms with E-state index in [9.17, 15) is 27.2 Å². The lowest BCUT2D eigenvalue weighted by molar-refractivity contribution is 0.0594. The summed E-state index contributed by atoms with van der Waals surface area (Å²) in [6, 6.07) is 5.71. The van der Waals surface area contributed by atoms with Gasteiger partial charge in [0, 0.05) is 24.9 Å².